The number of rotatable bonds is 9. The fourth-order valence-corrected chi connectivity index (χ4v) is 3.92. The maximum Gasteiger partial charge on any atom is 0.326 e. The molecule has 1 aliphatic rings. The SMILES string of the molecule is CC[C@H](C)[C@H](NC(=O)CCN1C(=O)/C(=C\C=C\c2ccccc2)SC1=S)C(=O)O. The highest BCUT2D eigenvalue weighted by molar-refractivity contribution is 8.26. The van der Waals surface area contributed by atoms with Crippen molar-refractivity contribution in [3.05, 3.63) is 53.0 Å². The smallest absolute Gasteiger partial charge is 0.326 e. The minimum atomic E-state index is -1.06. The van der Waals surface area contributed by atoms with E-state index in [1.165, 1.54) is 16.7 Å². The summed E-state index contributed by atoms with van der Waals surface area (Å²) >= 11 is 6.45. The number of thioether (sulfide) groups is 1. The van der Waals surface area contributed by atoms with Gasteiger partial charge in [-0.3, -0.25) is 14.5 Å². The number of carboxylic acid groups (broad SMARTS) is 1. The zero-order chi connectivity index (χ0) is 21.4. The molecule has 2 atom stereocenters. The van der Waals surface area contributed by atoms with Crippen LogP contribution in [0.25, 0.3) is 6.08 Å². The van der Waals surface area contributed by atoms with Gasteiger partial charge in [0.05, 0.1) is 4.91 Å². The zero-order valence-electron chi connectivity index (χ0n) is 16.3. The number of carbonyl (C=O) groups is 3. The van der Waals surface area contributed by atoms with Gasteiger partial charge in [0.2, 0.25) is 5.91 Å². The van der Waals surface area contributed by atoms with Gasteiger partial charge in [-0.1, -0.05) is 86.7 Å². The summed E-state index contributed by atoms with van der Waals surface area (Å²) in [5.41, 5.74) is 1.02. The van der Waals surface area contributed by atoms with E-state index in [0.29, 0.717) is 15.6 Å². The second-order valence-corrected chi connectivity index (χ2v) is 8.32. The number of aliphatic carboxylic acids is 1. The highest BCUT2D eigenvalue weighted by Gasteiger charge is 2.32. The minimum Gasteiger partial charge on any atom is -0.480 e. The number of carboxylic acids is 1. The van der Waals surface area contributed by atoms with Crippen molar-refractivity contribution in [2.45, 2.75) is 32.7 Å². The zero-order valence-corrected chi connectivity index (χ0v) is 18.0. The third-order valence-corrected chi connectivity index (χ3v) is 5.96. The topological polar surface area (TPSA) is 86.7 Å². The highest BCUT2D eigenvalue weighted by Crippen LogP contribution is 2.31. The van der Waals surface area contributed by atoms with Gasteiger partial charge in [-0.05, 0) is 17.6 Å². The lowest BCUT2D eigenvalue weighted by Gasteiger charge is -2.21. The second kappa shape index (κ2) is 10.9. The average molecular weight is 433 g/mol. The Bertz CT molecular complexity index is 836. The van der Waals surface area contributed by atoms with E-state index in [4.69, 9.17) is 12.2 Å². The van der Waals surface area contributed by atoms with Crippen molar-refractivity contribution in [1.29, 1.82) is 0 Å². The average Bonchev–Trinajstić information content (AvgIpc) is 2.97. The molecule has 8 heteroatoms. The van der Waals surface area contributed by atoms with E-state index in [1.54, 1.807) is 19.1 Å². The van der Waals surface area contributed by atoms with Crippen LogP contribution in [0.1, 0.15) is 32.3 Å². The number of benzene rings is 1. The second-order valence-electron chi connectivity index (χ2n) is 6.64. The molecule has 1 aliphatic heterocycles. The molecule has 0 spiro atoms. The summed E-state index contributed by atoms with van der Waals surface area (Å²) in [6, 6.07) is 8.76. The van der Waals surface area contributed by atoms with Gasteiger partial charge in [-0.2, -0.15) is 0 Å². The quantitative estimate of drug-likeness (QED) is 0.459. The molecule has 2 amide bonds. The van der Waals surface area contributed by atoms with Gasteiger partial charge < -0.3 is 10.4 Å². The van der Waals surface area contributed by atoms with Crippen LogP contribution >= 0.6 is 24.0 Å². The Labute approximate surface area is 180 Å². The molecule has 154 valence electrons. The standard InChI is InChI=1S/C21H24N2O4S2/c1-3-14(2)18(20(26)27)22-17(24)12-13-23-19(25)16(29-21(23)28)11-7-10-15-8-5-4-6-9-15/h4-11,14,18H,3,12-13H2,1-2H3,(H,22,24)(H,26,27)/b10-7+,16-11+/t14-,18-/m0/s1. The lowest BCUT2D eigenvalue weighted by Crippen LogP contribution is -2.46. The first-order valence-electron chi connectivity index (χ1n) is 9.32. The molecule has 2 rings (SSSR count). The number of hydrogen-bond acceptors (Lipinski definition) is 5. The third kappa shape index (κ3) is 6.54. The van der Waals surface area contributed by atoms with Crippen LogP contribution in [0.3, 0.4) is 0 Å². The molecule has 0 aromatic heterocycles. The summed E-state index contributed by atoms with van der Waals surface area (Å²) in [6.45, 7) is 3.75. The van der Waals surface area contributed by atoms with Crippen molar-refractivity contribution in [3.8, 4) is 0 Å². The molecule has 0 bridgehead atoms. The maximum atomic E-state index is 12.5. The van der Waals surface area contributed by atoms with Gasteiger partial charge in [-0.15, -0.1) is 0 Å². The Morgan fingerprint density at radius 2 is 2.00 bits per heavy atom. The molecular weight excluding hydrogens is 408 g/mol. The van der Waals surface area contributed by atoms with E-state index in [0.717, 1.165) is 5.56 Å². The van der Waals surface area contributed by atoms with Crippen LogP contribution in [0.5, 0.6) is 0 Å². The van der Waals surface area contributed by atoms with Gasteiger partial charge in [0.1, 0.15) is 10.4 Å². The molecule has 0 unspecified atom stereocenters. The molecule has 1 heterocycles. The maximum absolute atomic E-state index is 12.5. The van der Waals surface area contributed by atoms with Crippen LogP contribution in [0, 0.1) is 5.92 Å². The number of carbonyl (C=O) groups excluding carboxylic acids is 2. The van der Waals surface area contributed by atoms with E-state index in [1.807, 2.05) is 43.3 Å². The largest absolute Gasteiger partial charge is 0.480 e. The molecule has 6 nitrogen and oxygen atoms in total. The van der Waals surface area contributed by atoms with E-state index >= 15 is 0 Å². The van der Waals surface area contributed by atoms with Crippen molar-refractivity contribution in [3.63, 3.8) is 0 Å². The number of hydrogen-bond donors (Lipinski definition) is 2. The lowest BCUT2D eigenvalue weighted by atomic mass is 9.99. The minimum absolute atomic E-state index is 0.0141. The van der Waals surface area contributed by atoms with Crippen molar-refractivity contribution in [2.24, 2.45) is 5.92 Å². The summed E-state index contributed by atoms with van der Waals surface area (Å²) in [5, 5.41) is 11.8. The lowest BCUT2D eigenvalue weighted by molar-refractivity contribution is -0.143. The monoisotopic (exact) mass is 432 g/mol. The Kier molecular flexibility index (Phi) is 8.60. The van der Waals surface area contributed by atoms with Crippen molar-refractivity contribution >= 4 is 52.2 Å². The molecule has 0 radical (unpaired) electrons. The molecule has 2 N–H and O–H groups in total. The third-order valence-electron chi connectivity index (χ3n) is 4.57. The fourth-order valence-electron chi connectivity index (χ4n) is 2.66. The van der Waals surface area contributed by atoms with Gasteiger partial charge in [0.25, 0.3) is 5.91 Å². The Balaban J connectivity index is 1.93. The predicted molar refractivity (Wildman–Crippen MR) is 119 cm³/mol. The summed E-state index contributed by atoms with van der Waals surface area (Å²) < 4.78 is 0.388. The Morgan fingerprint density at radius 1 is 1.31 bits per heavy atom. The molecule has 1 aromatic rings. The normalized spacial score (nSPS) is 17.7. The number of allylic oxidation sites excluding steroid dienone is 2. The number of thiocarbonyl (C=S) groups is 1. The van der Waals surface area contributed by atoms with Crippen molar-refractivity contribution < 1.29 is 19.5 Å². The van der Waals surface area contributed by atoms with E-state index in [9.17, 15) is 19.5 Å². The van der Waals surface area contributed by atoms with E-state index < -0.39 is 17.9 Å². The number of nitrogens with one attached hydrogen (secondary N) is 1. The number of nitrogens with zero attached hydrogens (tertiary/aromatic N) is 1. The molecule has 1 aromatic carbocycles. The van der Waals surface area contributed by atoms with Crippen molar-refractivity contribution in [1.82, 2.24) is 10.2 Å². The molecule has 1 saturated heterocycles. The molecule has 0 aliphatic carbocycles. The van der Waals surface area contributed by atoms with Gasteiger partial charge >= 0.3 is 5.97 Å². The Hall–Kier alpha value is -2.45. The first kappa shape index (κ1) is 22.8. The summed E-state index contributed by atoms with van der Waals surface area (Å²) in [7, 11) is 0. The van der Waals surface area contributed by atoms with E-state index in [-0.39, 0.29) is 24.8 Å². The van der Waals surface area contributed by atoms with Crippen LogP contribution in [0.4, 0.5) is 0 Å². The Morgan fingerprint density at radius 3 is 2.62 bits per heavy atom. The van der Waals surface area contributed by atoms with Crippen molar-refractivity contribution in [2.75, 3.05) is 6.54 Å². The van der Waals surface area contributed by atoms with Crippen LogP contribution in [-0.4, -0.2) is 44.7 Å². The summed E-state index contributed by atoms with van der Waals surface area (Å²) in [5.74, 6) is -1.92. The molecule has 29 heavy (non-hydrogen) atoms. The first-order valence-corrected chi connectivity index (χ1v) is 10.5. The van der Waals surface area contributed by atoms with Crippen LogP contribution in [0.15, 0.2) is 47.4 Å². The highest BCUT2D eigenvalue weighted by atomic mass is 32.2. The van der Waals surface area contributed by atoms with E-state index in [2.05, 4.69) is 5.32 Å². The molecule has 1 fully saturated rings. The van der Waals surface area contributed by atoms with Crippen LogP contribution in [0.2, 0.25) is 0 Å². The summed E-state index contributed by atoms with van der Waals surface area (Å²) in [4.78, 5) is 37.9. The summed E-state index contributed by atoms with van der Waals surface area (Å²) in [6.07, 6.45) is 6.00. The van der Waals surface area contributed by atoms with Crippen LogP contribution in [-0.2, 0) is 14.4 Å². The predicted octanol–water partition coefficient (Wildman–Crippen LogP) is 3.45. The first-order chi connectivity index (χ1) is 13.8. The van der Waals surface area contributed by atoms with Gasteiger partial charge in [0.15, 0.2) is 0 Å². The van der Waals surface area contributed by atoms with Gasteiger partial charge in [-0.25, -0.2) is 4.79 Å². The van der Waals surface area contributed by atoms with Crippen LogP contribution < -0.4 is 5.32 Å². The molecule has 0 saturated carbocycles. The fraction of sp³-hybridized carbons (Fsp3) is 0.333. The van der Waals surface area contributed by atoms with Gasteiger partial charge in [0, 0.05) is 13.0 Å². The molecular formula is C21H24N2O4S2. The number of amides is 2.